The SMILES string of the molecule is CC(C)(C)c1ccc(C(=O)CCNc2ccc(Cl)cc2)cc1. The van der Waals surface area contributed by atoms with Gasteiger partial charge in [-0.3, -0.25) is 4.79 Å². The summed E-state index contributed by atoms with van der Waals surface area (Å²) in [5, 5.41) is 3.94. The normalized spacial score (nSPS) is 11.3. The first-order chi connectivity index (χ1) is 10.4. The lowest BCUT2D eigenvalue weighted by atomic mass is 9.86. The smallest absolute Gasteiger partial charge is 0.164 e. The van der Waals surface area contributed by atoms with Gasteiger partial charge in [0, 0.05) is 29.2 Å². The standard InChI is InChI=1S/C19H22ClNO/c1-19(2,3)15-6-4-14(5-7-15)18(22)12-13-21-17-10-8-16(20)9-11-17/h4-11,21H,12-13H2,1-3H3. The molecule has 0 saturated heterocycles. The molecule has 1 N–H and O–H groups in total. The molecule has 2 aromatic carbocycles. The molecule has 0 aliphatic carbocycles. The molecule has 0 bridgehead atoms. The molecule has 2 aromatic rings. The van der Waals surface area contributed by atoms with Crippen LogP contribution in [0.1, 0.15) is 43.1 Å². The summed E-state index contributed by atoms with van der Waals surface area (Å²) in [6, 6.07) is 15.4. The number of carbonyl (C=O) groups excluding carboxylic acids is 1. The molecule has 0 unspecified atom stereocenters. The van der Waals surface area contributed by atoms with E-state index in [-0.39, 0.29) is 11.2 Å². The van der Waals surface area contributed by atoms with Crippen LogP contribution in [0.4, 0.5) is 5.69 Å². The molecule has 0 atom stereocenters. The molecule has 0 aromatic heterocycles. The van der Waals surface area contributed by atoms with Gasteiger partial charge in [0.05, 0.1) is 0 Å². The number of ketones is 1. The van der Waals surface area contributed by atoms with E-state index in [1.54, 1.807) is 0 Å². The Morgan fingerprint density at radius 2 is 1.59 bits per heavy atom. The van der Waals surface area contributed by atoms with E-state index in [4.69, 9.17) is 11.6 Å². The average molecular weight is 316 g/mol. The summed E-state index contributed by atoms with van der Waals surface area (Å²) < 4.78 is 0. The van der Waals surface area contributed by atoms with Crippen LogP contribution in [-0.4, -0.2) is 12.3 Å². The number of anilines is 1. The summed E-state index contributed by atoms with van der Waals surface area (Å²) in [7, 11) is 0. The number of hydrogen-bond acceptors (Lipinski definition) is 2. The van der Waals surface area contributed by atoms with Crippen molar-refractivity contribution in [1.82, 2.24) is 0 Å². The first-order valence-electron chi connectivity index (χ1n) is 7.49. The van der Waals surface area contributed by atoms with Crippen LogP contribution >= 0.6 is 11.6 Å². The van der Waals surface area contributed by atoms with Crippen LogP contribution in [0, 0.1) is 0 Å². The molecule has 0 heterocycles. The topological polar surface area (TPSA) is 29.1 Å². The van der Waals surface area contributed by atoms with Crippen LogP contribution in [0.25, 0.3) is 0 Å². The predicted molar refractivity (Wildman–Crippen MR) is 94.0 cm³/mol. The molecule has 0 radical (unpaired) electrons. The summed E-state index contributed by atoms with van der Waals surface area (Å²) in [5.41, 5.74) is 3.09. The van der Waals surface area contributed by atoms with Crippen LogP contribution in [0.2, 0.25) is 5.02 Å². The van der Waals surface area contributed by atoms with E-state index < -0.39 is 0 Å². The molecule has 3 heteroatoms. The number of Topliss-reactive ketones (excluding diaryl/α,β-unsaturated/α-hetero) is 1. The second-order valence-corrected chi connectivity index (χ2v) is 6.87. The fourth-order valence-electron chi connectivity index (χ4n) is 2.19. The van der Waals surface area contributed by atoms with Crippen molar-refractivity contribution in [2.75, 3.05) is 11.9 Å². The van der Waals surface area contributed by atoms with Crippen molar-refractivity contribution in [3.63, 3.8) is 0 Å². The first kappa shape index (κ1) is 16.6. The van der Waals surface area contributed by atoms with Gasteiger partial charge >= 0.3 is 0 Å². The molecule has 0 saturated carbocycles. The van der Waals surface area contributed by atoms with Gasteiger partial charge in [-0.25, -0.2) is 0 Å². The van der Waals surface area contributed by atoms with Gasteiger partial charge in [-0.2, -0.15) is 0 Å². The highest BCUT2D eigenvalue weighted by atomic mass is 35.5. The van der Waals surface area contributed by atoms with Gasteiger partial charge in [-0.1, -0.05) is 56.6 Å². The van der Waals surface area contributed by atoms with E-state index in [9.17, 15) is 4.79 Å². The maximum absolute atomic E-state index is 12.2. The van der Waals surface area contributed by atoms with Crippen molar-refractivity contribution in [2.45, 2.75) is 32.6 Å². The zero-order valence-electron chi connectivity index (χ0n) is 13.3. The van der Waals surface area contributed by atoms with Crippen LogP contribution in [0.3, 0.4) is 0 Å². The lowest BCUT2D eigenvalue weighted by molar-refractivity contribution is 0.0986. The maximum Gasteiger partial charge on any atom is 0.164 e. The van der Waals surface area contributed by atoms with Crippen molar-refractivity contribution >= 4 is 23.1 Å². The Hall–Kier alpha value is -1.80. The van der Waals surface area contributed by atoms with Crippen molar-refractivity contribution in [3.8, 4) is 0 Å². The van der Waals surface area contributed by atoms with Crippen LogP contribution in [0.15, 0.2) is 48.5 Å². The second-order valence-electron chi connectivity index (χ2n) is 6.43. The molecule has 2 rings (SSSR count). The third kappa shape index (κ3) is 4.60. The summed E-state index contributed by atoms with van der Waals surface area (Å²) in [6.07, 6.45) is 0.470. The molecule has 0 aliphatic heterocycles. The van der Waals surface area contributed by atoms with Crippen molar-refractivity contribution in [3.05, 3.63) is 64.7 Å². The Balaban J connectivity index is 1.88. The van der Waals surface area contributed by atoms with E-state index >= 15 is 0 Å². The van der Waals surface area contributed by atoms with Crippen LogP contribution in [-0.2, 0) is 5.41 Å². The Kier molecular flexibility index (Phi) is 5.25. The molecule has 0 aliphatic rings. The number of halogens is 1. The Morgan fingerprint density at radius 3 is 2.14 bits per heavy atom. The van der Waals surface area contributed by atoms with E-state index in [2.05, 4.69) is 26.1 Å². The van der Waals surface area contributed by atoms with Crippen LogP contribution in [0.5, 0.6) is 0 Å². The van der Waals surface area contributed by atoms with Gasteiger partial charge < -0.3 is 5.32 Å². The zero-order valence-corrected chi connectivity index (χ0v) is 14.1. The van der Waals surface area contributed by atoms with Crippen molar-refractivity contribution in [2.24, 2.45) is 0 Å². The molecule has 0 amide bonds. The molecule has 2 nitrogen and oxygen atoms in total. The minimum atomic E-state index is 0.109. The van der Waals surface area contributed by atoms with Crippen molar-refractivity contribution < 1.29 is 4.79 Å². The summed E-state index contributed by atoms with van der Waals surface area (Å²) in [4.78, 5) is 12.2. The van der Waals surface area contributed by atoms with Gasteiger partial charge in [0.1, 0.15) is 0 Å². The summed E-state index contributed by atoms with van der Waals surface area (Å²) in [5.74, 6) is 0.155. The van der Waals surface area contributed by atoms with Gasteiger partial charge in [0.2, 0.25) is 0 Å². The lowest BCUT2D eigenvalue weighted by Crippen LogP contribution is -2.12. The lowest BCUT2D eigenvalue weighted by Gasteiger charge is -2.19. The number of nitrogens with one attached hydrogen (secondary N) is 1. The fourth-order valence-corrected chi connectivity index (χ4v) is 2.31. The average Bonchev–Trinajstić information content (AvgIpc) is 2.48. The minimum Gasteiger partial charge on any atom is -0.385 e. The quantitative estimate of drug-likeness (QED) is 0.756. The predicted octanol–water partition coefficient (Wildman–Crippen LogP) is 5.32. The summed E-state index contributed by atoms with van der Waals surface area (Å²) in [6.45, 7) is 7.11. The highest BCUT2D eigenvalue weighted by Gasteiger charge is 2.14. The largest absolute Gasteiger partial charge is 0.385 e. The second kappa shape index (κ2) is 6.97. The van der Waals surface area contributed by atoms with E-state index in [1.807, 2.05) is 48.5 Å². The molecule has 0 fully saturated rings. The zero-order chi connectivity index (χ0) is 16.2. The Labute approximate surface area is 137 Å². The van der Waals surface area contributed by atoms with E-state index in [1.165, 1.54) is 5.56 Å². The highest BCUT2D eigenvalue weighted by Crippen LogP contribution is 2.22. The van der Waals surface area contributed by atoms with Gasteiger partial charge in [0.25, 0.3) is 0 Å². The molecule has 0 spiro atoms. The highest BCUT2D eigenvalue weighted by molar-refractivity contribution is 6.30. The third-order valence-corrected chi connectivity index (χ3v) is 3.85. The fraction of sp³-hybridized carbons (Fsp3) is 0.316. The molecule has 116 valence electrons. The van der Waals surface area contributed by atoms with Gasteiger partial charge in [0.15, 0.2) is 5.78 Å². The van der Waals surface area contributed by atoms with E-state index in [0.29, 0.717) is 18.0 Å². The number of hydrogen-bond donors (Lipinski definition) is 1. The van der Waals surface area contributed by atoms with E-state index in [0.717, 1.165) is 11.3 Å². The van der Waals surface area contributed by atoms with Gasteiger partial charge in [-0.05, 0) is 35.2 Å². The summed E-state index contributed by atoms with van der Waals surface area (Å²) >= 11 is 5.84. The van der Waals surface area contributed by atoms with Crippen molar-refractivity contribution in [1.29, 1.82) is 0 Å². The van der Waals surface area contributed by atoms with Gasteiger partial charge in [-0.15, -0.1) is 0 Å². The number of rotatable bonds is 5. The number of carbonyl (C=O) groups is 1. The maximum atomic E-state index is 12.2. The van der Waals surface area contributed by atoms with Crippen LogP contribution < -0.4 is 5.32 Å². The Bertz CT molecular complexity index is 624. The molecular weight excluding hydrogens is 294 g/mol. The number of benzene rings is 2. The first-order valence-corrected chi connectivity index (χ1v) is 7.87. The third-order valence-electron chi connectivity index (χ3n) is 3.60. The molecular formula is C19H22ClNO. The molecule has 22 heavy (non-hydrogen) atoms. The Morgan fingerprint density at radius 1 is 1.00 bits per heavy atom. The minimum absolute atomic E-state index is 0.109. The monoisotopic (exact) mass is 315 g/mol.